The van der Waals surface area contributed by atoms with E-state index in [1.165, 1.54) is 0 Å². The van der Waals surface area contributed by atoms with Crippen LogP contribution in [0.5, 0.6) is 5.75 Å². The first-order valence-corrected chi connectivity index (χ1v) is 10.8. The maximum absolute atomic E-state index is 12.9. The average Bonchev–Trinajstić information content (AvgIpc) is 3.28. The van der Waals surface area contributed by atoms with Crippen molar-refractivity contribution in [3.8, 4) is 28.1 Å². The van der Waals surface area contributed by atoms with Crippen molar-refractivity contribution < 1.29 is 14.3 Å². The van der Waals surface area contributed by atoms with E-state index in [2.05, 4.69) is 21.2 Å². The monoisotopic (exact) mass is 428 g/mol. The Balaban J connectivity index is 1.52. The SMILES string of the molecule is CCOc1ccccc1-c1n[nH]c2ncc(-c3cccc(C(=O)N4CCOCC4)c3)cc12. The average molecular weight is 428 g/mol. The van der Waals surface area contributed by atoms with Crippen molar-refractivity contribution in [2.75, 3.05) is 32.9 Å². The Morgan fingerprint density at radius 3 is 2.78 bits per heavy atom. The van der Waals surface area contributed by atoms with Crippen LogP contribution in [0.25, 0.3) is 33.4 Å². The summed E-state index contributed by atoms with van der Waals surface area (Å²) in [6, 6.07) is 17.6. The Bertz CT molecular complexity index is 1260. The summed E-state index contributed by atoms with van der Waals surface area (Å²) < 4.78 is 11.2. The molecule has 1 aliphatic heterocycles. The number of benzene rings is 2. The first-order valence-electron chi connectivity index (χ1n) is 10.8. The van der Waals surface area contributed by atoms with Crippen molar-refractivity contribution >= 4 is 16.9 Å². The number of nitrogens with one attached hydrogen (secondary N) is 1. The molecule has 5 rings (SSSR count). The first-order chi connectivity index (χ1) is 15.7. The molecular weight excluding hydrogens is 404 g/mol. The maximum atomic E-state index is 12.9. The van der Waals surface area contributed by atoms with Crippen molar-refractivity contribution in [3.05, 3.63) is 66.4 Å². The number of hydrogen-bond donors (Lipinski definition) is 1. The van der Waals surface area contributed by atoms with Gasteiger partial charge in [0.25, 0.3) is 5.91 Å². The molecule has 4 aromatic rings. The molecule has 32 heavy (non-hydrogen) atoms. The van der Waals surface area contributed by atoms with Gasteiger partial charge in [0, 0.05) is 41.4 Å². The number of morpholine rings is 1. The second kappa shape index (κ2) is 8.80. The van der Waals surface area contributed by atoms with Crippen LogP contribution in [0, 0.1) is 0 Å². The molecule has 0 bridgehead atoms. The number of H-pyrrole nitrogens is 1. The molecule has 1 amide bonds. The predicted octanol–water partition coefficient (Wildman–Crippen LogP) is 4.16. The first kappa shape index (κ1) is 20.2. The molecule has 0 aliphatic carbocycles. The third kappa shape index (κ3) is 3.83. The van der Waals surface area contributed by atoms with E-state index in [9.17, 15) is 4.79 Å². The summed E-state index contributed by atoms with van der Waals surface area (Å²) in [5.74, 6) is 0.811. The summed E-state index contributed by atoms with van der Waals surface area (Å²) in [6.45, 7) is 4.94. The minimum atomic E-state index is 0.0267. The van der Waals surface area contributed by atoms with E-state index in [1.807, 2.05) is 60.4 Å². The number of para-hydroxylation sites is 1. The highest BCUT2D eigenvalue weighted by Crippen LogP contribution is 2.34. The van der Waals surface area contributed by atoms with Crippen LogP contribution in [0.1, 0.15) is 17.3 Å². The van der Waals surface area contributed by atoms with Gasteiger partial charge < -0.3 is 14.4 Å². The maximum Gasteiger partial charge on any atom is 0.254 e. The van der Waals surface area contributed by atoms with Gasteiger partial charge in [-0.25, -0.2) is 4.98 Å². The smallest absolute Gasteiger partial charge is 0.254 e. The van der Waals surface area contributed by atoms with E-state index in [4.69, 9.17) is 9.47 Å². The summed E-state index contributed by atoms with van der Waals surface area (Å²) >= 11 is 0. The van der Waals surface area contributed by atoms with Gasteiger partial charge in [0.15, 0.2) is 5.65 Å². The minimum Gasteiger partial charge on any atom is -0.493 e. The van der Waals surface area contributed by atoms with Crippen LogP contribution < -0.4 is 4.74 Å². The Hall–Kier alpha value is -3.71. The molecule has 0 spiro atoms. The lowest BCUT2D eigenvalue weighted by Crippen LogP contribution is -2.40. The quantitative estimate of drug-likeness (QED) is 0.516. The largest absolute Gasteiger partial charge is 0.493 e. The van der Waals surface area contributed by atoms with E-state index >= 15 is 0 Å². The number of amides is 1. The van der Waals surface area contributed by atoms with Crippen molar-refractivity contribution in [2.24, 2.45) is 0 Å². The van der Waals surface area contributed by atoms with Crippen LogP contribution in [0.2, 0.25) is 0 Å². The zero-order valence-electron chi connectivity index (χ0n) is 17.9. The van der Waals surface area contributed by atoms with Crippen LogP contribution in [-0.2, 0) is 4.74 Å². The second-order valence-electron chi connectivity index (χ2n) is 7.61. The number of nitrogens with zero attached hydrogens (tertiary/aromatic N) is 3. The molecule has 162 valence electrons. The van der Waals surface area contributed by atoms with Crippen LogP contribution in [0.15, 0.2) is 60.8 Å². The summed E-state index contributed by atoms with van der Waals surface area (Å²) in [4.78, 5) is 19.3. The molecule has 1 aliphatic rings. The number of carbonyl (C=O) groups excluding carboxylic acids is 1. The van der Waals surface area contributed by atoms with E-state index in [0.29, 0.717) is 44.1 Å². The van der Waals surface area contributed by atoms with Gasteiger partial charge >= 0.3 is 0 Å². The molecule has 2 aromatic carbocycles. The topological polar surface area (TPSA) is 80.3 Å². The van der Waals surface area contributed by atoms with Crippen LogP contribution in [-0.4, -0.2) is 58.9 Å². The fourth-order valence-electron chi connectivity index (χ4n) is 3.99. The number of aromatic nitrogens is 3. The van der Waals surface area contributed by atoms with Gasteiger partial charge in [-0.15, -0.1) is 0 Å². The third-order valence-electron chi connectivity index (χ3n) is 5.60. The van der Waals surface area contributed by atoms with E-state index in [1.54, 1.807) is 6.20 Å². The van der Waals surface area contributed by atoms with Gasteiger partial charge in [-0.3, -0.25) is 9.89 Å². The molecule has 2 aromatic heterocycles. The molecule has 0 saturated carbocycles. The van der Waals surface area contributed by atoms with Gasteiger partial charge in [-0.05, 0) is 42.8 Å². The highest BCUT2D eigenvalue weighted by Gasteiger charge is 2.19. The zero-order valence-corrected chi connectivity index (χ0v) is 17.9. The lowest BCUT2D eigenvalue weighted by Gasteiger charge is -2.27. The highest BCUT2D eigenvalue weighted by molar-refractivity contribution is 5.97. The lowest BCUT2D eigenvalue weighted by atomic mass is 10.0. The Kier molecular flexibility index (Phi) is 5.56. The fraction of sp³-hybridized carbons (Fsp3) is 0.240. The van der Waals surface area contributed by atoms with Crippen molar-refractivity contribution in [2.45, 2.75) is 6.92 Å². The zero-order chi connectivity index (χ0) is 21.9. The number of pyridine rings is 1. The van der Waals surface area contributed by atoms with Gasteiger partial charge in [0.1, 0.15) is 11.4 Å². The third-order valence-corrected chi connectivity index (χ3v) is 5.60. The van der Waals surface area contributed by atoms with E-state index in [0.717, 1.165) is 33.5 Å². The number of aromatic amines is 1. The summed E-state index contributed by atoms with van der Waals surface area (Å²) in [5.41, 5.74) is 4.93. The predicted molar refractivity (Wildman–Crippen MR) is 123 cm³/mol. The molecule has 1 saturated heterocycles. The van der Waals surface area contributed by atoms with E-state index < -0.39 is 0 Å². The summed E-state index contributed by atoms with van der Waals surface area (Å²) in [5, 5.41) is 8.43. The Morgan fingerprint density at radius 1 is 1.09 bits per heavy atom. The fourth-order valence-corrected chi connectivity index (χ4v) is 3.99. The number of hydrogen-bond acceptors (Lipinski definition) is 5. The van der Waals surface area contributed by atoms with Gasteiger partial charge in [-0.2, -0.15) is 5.10 Å². The van der Waals surface area contributed by atoms with Crippen molar-refractivity contribution in [1.29, 1.82) is 0 Å². The number of ether oxygens (including phenoxy) is 2. The van der Waals surface area contributed by atoms with Gasteiger partial charge in [0.05, 0.1) is 19.8 Å². The van der Waals surface area contributed by atoms with Crippen LogP contribution in [0.4, 0.5) is 0 Å². The van der Waals surface area contributed by atoms with Gasteiger partial charge in [-0.1, -0.05) is 24.3 Å². The van der Waals surface area contributed by atoms with Crippen molar-refractivity contribution in [1.82, 2.24) is 20.1 Å². The second-order valence-corrected chi connectivity index (χ2v) is 7.61. The molecular formula is C25H24N4O3. The molecule has 3 heterocycles. The molecule has 7 heteroatoms. The Morgan fingerprint density at radius 2 is 1.94 bits per heavy atom. The summed E-state index contributed by atoms with van der Waals surface area (Å²) in [7, 11) is 0. The molecule has 1 fully saturated rings. The molecule has 1 N–H and O–H groups in total. The summed E-state index contributed by atoms with van der Waals surface area (Å²) in [6.07, 6.45) is 1.80. The van der Waals surface area contributed by atoms with E-state index in [-0.39, 0.29) is 5.91 Å². The molecule has 0 radical (unpaired) electrons. The number of carbonyl (C=O) groups is 1. The molecule has 0 atom stereocenters. The standard InChI is InChI=1S/C25H24N4O3/c1-2-32-22-9-4-3-8-20(22)23-21-15-19(16-26-24(21)28-27-23)17-6-5-7-18(14-17)25(30)29-10-12-31-13-11-29/h3-9,14-16H,2,10-13H2,1H3,(H,26,27,28). The van der Waals surface area contributed by atoms with Crippen LogP contribution in [0.3, 0.4) is 0 Å². The van der Waals surface area contributed by atoms with Gasteiger partial charge in [0.2, 0.25) is 0 Å². The van der Waals surface area contributed by atoms with Crippen LogP contribution >= 0.6 is 0 Å². The minimum absolute atomic E-state index is 0.0267. The molecule has 0 unspecified atom stereocenters. The normalized spacial score (nSPS) is 14.0. The number of fused-ring (bicyclic) bond motifs is 1. The van der Waals surface area contributed by atoms with Crippen molar-refractivity contribution in [3.63, 3.8) is 0 Å². The lowest BCUT2D eigenvalue weighted by molar-refractivity contribution is 0.0303. The molecule has 7 nitrogen and oxygen atoms in total. The highest BCUT2D eigenvalue weighted by atomic mass is 16.5. The number of rotatable bonds is 5. The Labute approximate surface area is 186 Å².